The van der Waals surface area contributed by atoms with Gasteiger partial charge in [-0.05, 0) is 32.4 Å². The molecule has 0 spiro atoms. The van der Waals surface area contributed by atoms with Crippen molar-refractivity contribution in [1.29, 1.82) is 0 Å². The maximum Gasteiger partial charge on any atom is 0.308 e. The first kappa shape index (κ1) is 15.0. The van der Waals surface area contributed by atoms with E-state index in [-0.39, 0.29) is 17.8 Å². The fourth-order valence-corrected chi connectivity index (χ4v) is 2.11. The fourth-order valence-electron chi connectivity index (χ4n) is 2.11. The van der Waals surface area contributed by atoms with E-state index in [9.17, 15) is 9.59 Å². The highest BCUT2D eigenvalue weighted by Crippen LogP contribution is 2.07. The van der Waals surface area contributed by atoms with E-state index in [0.717, 1.165) is 19.6 Å². The number of hydrogen-bond acceptors (Lipinski definition) is 4. The molecule has 1 N–H and O–H groups in total. The Morgan fingerprint density at radius 1 is 1.33 bits per heavy atom. The van der Waals surface area contributed by atoms with E-state index in [1.807, 2.05) is 0 Å². The lowest BCUT2D eigenvalue weighted by atomic mass is 10.1. The smallest absolute Gasteiger partial charge is 0.308 e. The molecule has 1 aliphatic rings. The number of carbonyl (C=O) groups excluding carboxylic acids is 2. The zero-order valence-corrected chi connectivity index (χ0v) is 11.4. The fraction of sp³-hybridized carbons (Fsp3) is 0.846. The number of esters is 1. The van der Waals surface area contributed by atoms with Crippen LogP contribution < -0.4 is 5.32 Å². The molecule has 1 fully saturated rings. The van der Waals surface area contributed by atoms with E-state index in [1.54, 1.807) is 6.92 Å². The Morgan fingerprint density at radius 3 is 2.61 bits per heavy atom. The van der Waals surface area contributed by atoms with Crippen LogP contribution in [0.3, 0.4) is 0 Å². The number of nitrogens with one attached hydrogen (secondary N) is 1. The lowest BCUT2D eigenvalue weighted by molar-refractivity contribution is -0.145. The molecule has 0 aromatic carbocycles. The van der Waals surface area contributed by atoms with Gasteiger partial charge in [0.15, 0.2) is 0 Å². The summed E-state index contributed by atoms with van der Waals surface area (Å²) >= 11 is 0. The molecule has 0 radical (unpaired) electrons. The second-order valence-corrected chi connectivity index (χ2v) is 4.86. The van der Waals surface area contributed by atoms with E-state index < -0.39 is 0 Å². The van der Waals surface area contributed by atoms with Crippen LogP contribution in [0.25, 0.3) is 0 Å². The summed E-state index contributed by atoms with van der Waals surface area (Å²) in [5, 5.41) is 2.89. The van der Waals surface area contributed by atoms with Crippen molar-refractivity contribution in [1.82, 2.24) is 10.2 Å². The molecule has 1 amide bonds. The third-order valence-electron chi connectivity index (χ3n) is 3.36. The number of hydrogen-bond donors (Lipinski definition) is 1. The number of amides is 1. The van der Waals surface area contributed by atoms with Crippen LogP contribution in [0.2, 0.25) is 0 Å². The van der Waals surface area contributed by atoms with E-state index in [0.29, 0.717) is 19.4 Å². The molecule has 0 aromatic rings. The van der Waals surface area contributed by atoms with Gasteiger partial charge in [-0.3, -0.25) is 9.59 Å². The van der Waals surface area contributed by atoms with Gasteiger partial charge in [-0.1, -0.05) is 6.92 Å². The van der Waals surface area contributed by atoms with Gasteiger partial charge in [0.2, 0.25) is 5.91 Å². The standard InChI is InChI=1S/C13H24N2O3/c1-11(13(17)18-2)5-6-12(16)14-7-10-15-8-3-4-9-15/h11H,3-10H2,1-2H3,(H,14,16)/t11-/m0/s1. The number of rotatable bonds is 7. The van der Waals surface area contributed by atoms with Crippen LogP contribution in [0.4, 0.5) is 0 Å². The minimum absolute atomic E-state index is 0.0185. The molecule has 18 heavy (non-hydrogen) atoms. The molecule has 1 rings (SSSR count). The average molecular weight is 256 g/mol. The van der Waals surface area contributed by atoms with Crippen molar-refractivity contribution >= 4 is 11.9 Å². The maximum absolute atomic E-state index is 11.6. The van der Waals surface area contributed by atoms with Crippen molar-refractivity contribution in [2.75, 3.05) is 33.3 Å². The van der Waals surface area contributed by atoms with Crippen molar-refractivity contribution < 1.29 is 14.3 Å². The summed E-state index contributed by atoms with van der Waals surface area (Å²) in [6.07, 6.45) is 3.47. The van der Waals surface area contributed by atoms with Gasteiger partial charge < -0.3 is 15.0 Å². The third-order valence-corrected chi connectivity index (χ3v) is 3.36. The van der Waals surface area contributed by atoms with Crippen molar-refractivity contribution in [3.05, 3.63) is 0 Å². The zero-order chi connectivity index (χ0) is 13.4. The quantitative estimate of drug-likeness (QED) is 0.684. The van der Waals surface area contributed by atoms with Gasteiger partial charge in [-0.2, -0.15) is 0 Å². The molecule has 1 atom stereocenters. The molecule has 0 aromatic heterocycles. The molecule has 1 aliphatic heterocycles. The molecular weight excluding hydrogens is 232 g/mol. The first-order valence-electron chi connectivity index (χ1n) is 6.70. The molecule has 1 heterocycles. The molecule has 0 unspecified atom stereocenters. The molecular formula is C13H24N2O3. The Kier molecular flexibility index (Phi) is 6.72. The van der Waals surface area contributed by atoms with E-state index in [4.69, 9.17) is 0 Å². The third kappa shape index (κ3) is 5.49. The van der Waals surface area contributed by atoms with Crippen LogP contribution in [-0.4, -0.2) is 50.1 Å². The van der Waals surface area contributed by atoms with Crippen molar-refractivity contribution in [2.24, 2.45) is 5.92 Å². The predicted molar refractivity (Wildman–Crippen MR) is 69.1 cm³/mol. The monoisotopic (exact) mass is 256 g/mol. The summed E-state index contributed by atoms with van der Waals surface area (Å²) < 4.78 is 4.62. The summed E-state index contributed by atoms with van der Waals surface area (Å²) in [7, 11) is 1.37. The molecule has 0 bridgehead atoms. The molecule has 5 nitrogen and oxygen atoms in total. The lowest BCUT2D eigenvalue weighted by Crippen LogP contribution is -2.33. The average Bonchev–Trinajstić information content (AvgIpc) is 2.88. The number of methoxy groups -OCH3 is 1. The maximum atomic E-state index is 11.6. The second-order valence-electron chi connectivity index (χ2n) is 4.86. The van der Waals surface area contributed by atoms with Crippen LogP contribution in [0.1, 0.15) is 32.6 Å². The molecule has 5 heteroatoms. The van der Waals surface area contributed by atoms with Crippen LogP contribution >= 0.6 is 0 Å². The highest BCUT2D eigenvalue weighted by atomic mass is 16.5. The first-order valence-corrected chi connectivity index (χ1v) is 6.70. The SMILES string of the molecule is COC(=O)[C@@H](C)CCC(=O)NCCN1CCCC1. The summed E-state index contributed by atoms with van der Waals surface area (Å²) in [5.41, 5.74) is 0. The number of nitrogens with zero attached hydrogens (tertiary/aromatic N) is 1. The highest BCUT2D eigenvalue weighted by molar-refractivity contribution is 5.77. The van der Waals surface area contributed by atoms with Crippen LogP contribution in [0.5, 0.6) is 0 Å². The van der Waals surface area contributed by atoms with Gasteiger partial charge in [0, 0.05) is 19.5 Å². The van der Waals surface area contributed by atoms with Crippen LogP contribution in [0.15, 0.2) is 0 Å². The van der Waals surface area contributed by atoms with Crippen LogP contribution in [-0.2, 0) is 14.3 Å². The summed E-state index contributed by atoms with van der Waals surface area (Å²) in [6, 6.07) is 0. The first-order chi connectivity index (χ1) is 8.63. The largest absolute Gasteiger partial charge is 0.469 e. The number of ether oxygens (including phenoxy) is 1. The van der Waals surface area contributed by atoms with Gasteiger partial charge in [0.05, 0.1) is 13.0 Å². The topological polar surface area (TPSA) is 58.6 Å². The van der Waals surface area contributed by atoms with Gasteiger partial charge in [-0.25, -0.2) is 0 Å². The van der Waals surface area contributed by atoms with Crippen molar-refractivity contribution in [3.63, 3.8) is 0 Å². The zero-order valence-electron chi connectivity index (χ0n) is 11.4. The second kappa shape index (κ2) is 8.08. The normalized spacial score (nSPS) is 17.4. The molecule has 0 saturated carbocycles. The Morgan fingerprint density at radius 2 is 2.00 bits per heavy atom. The van der Waals surface area contributed by atoms with E-state index >= 15 is 0 Å². The summed E-state index contributed by atoms with van der Waals surface area (Å²) in [6.45, 7) is 5.71. The van der Waals surface area contributed by atoms with Gasteiger partial charge in [0.1, 0.15) is 0 Å². The van der Waals surface area contributed by atoms with Gasteiger partial charge >= 0.3 is 5.97 Å². The lowest BCUT2D eigenvalue weighted by Gasteiger charge is -2.15. The van der Waals surface area contributed by atoms with Gasteiger partial charge in [-0.15, -0.1) is 0 Å². The summed E-state index contributed by atoms with van der Waals surface area (Å²) in [4.78, 5) is 25.1. The number of carbonyl (C=O) groups is 2. The Balaban J connectivity index is 2.04. The van der Waals surface area contributed by atoms with Crippen molar-refractivity contribution in [2.45, 2.75) is 32.6 Å². The Hall–Kier alpha value is -1.10. The molecule has 0 aliphatic carbocycles. The minimum Gasteiger partial charge on any atom is -0.469 e. The minimum atomic E-state index is -0.250. The van der Waals surface area contributed by atoms with Crippen LogP contribution in [0, 0.1) is 5.92 Å². The van der Waals surface area contributed by atoms with E-state index in [1.165, 1.54) is 20.0 Å². The molecule has 104 valence electrons. The molecule has 1 saturated heterocycles. The van der Waals surface area contributed by atoms with E-state index in [2.05, 4.69) is 15.0 Å². The van der Waals surface area contributed by atoms with Gasteiger partial charge in [0.25, 0.3) is 0 Å². The number of likely N-dealkylation sites (tertiary alicyclic amines) is 1. The predicted octanol–water partition coefficient (Wildman–Crippen LogP) is 0.788. The Bertz CT molecular complexity index is 275. The van der Waals surface area contributed by atoms with Crippen molar-refractivity contribution in [3.8, 4) is 0 Å². The highest BCUT2D eigenvalue weighted by Gasteiger charge is 2.15. The Labute approximate surface area is 109 Å². The summed E-state index contributed by atoms with van der Waals surface area (Å²) in [5.74, 6) is -0.441.